The maximum absolute atomic E-state index is 12.1. The number of fused-ring (bicyclic) bond motifs is 1. The van der Waals surface area contributed by atoms with Crippen molar-refractivity contribution in [3.8, 4) is 17.0 Å². The maximum Gasteiger partial charge on any atom is 0.223 e. The zero-order chi connectivity index (χ0) is 18.3. The number of hydrogen-bond acceptors (Lipinski definition) is 5. The van der Waals surface area contributed by atoms with Gasteiger partial charge in [0.2, 0.25) is 5.91 Å². The Kier molecular flexibility index (Phi) is 4.06. The molecular formula is C19H21N5O2. The molecule has 1 aliphatic rings. The van der Waals surface area contributed by atoms with E-state index in [1.54, 1.807) is 18.0 Å². The summed E-state index contributed by atoms with van der Waals surface area (Å²) >= 11 is 0. The lowest BCUT2D eigenvalue weighted by Crippen LogP contribution is -2.29. The number of rotatable bonds is 5. The average molecular weight is 351 g/mol. The minimum Gasteiger partial charge on any atom is -0.497 e. The first-order chi connectivity index (χ1) is 12.5. The van der Waals surface area contributed by atoms with Crippen LogP contribution < -0.4 is 10.1 Å². The summed E-state index contributed by atoms with van der Waals surface area (Å²) in [5, 5.41) is 7.43. The SMILES string of the molecule is COc1ccc(-c2cc3nc([C@H](C)NC(=O)[C@H]4C[C@H]4C)nn3cn2)cc1. The van der Waals surface area contributed by atoms with E-state index in [-0.39, 0.29) is 17.9 Å². The van der Waals surface area contributed by atoms with Crippen LogP contribution in [0.25, 0.3) is 16.9 Å². The number of methoxy groups -OCH3 is 1. The van der Waals surface area contributed by atoms with E-state index in [0.717, 1.165) is 23.4 Å². The second kappa shape index (κ2) is 6.40. The largest absolute Gasteiger partial charge is 0.497 e. The van der Waals surface area contributed by atoms with E-state index in [9.17, 15) is 4.79 Å². The molecule has 0 bridgehead atoms. The molecule has 7 nitrogen and oxygen atoms in total. The van der Waals surface area contributed by atoms with Crippen molar-refractivity contribution in [1.82, 2.24) is 24.9 Å². The van der Waals surface area contributed by atoms with Gasteiger partial charge in [-0.1, -0.05) is 6.92 Å². The Labute approximate surface area is 151 Å². The predicted molar refractivity (Wildman–Crippen MR) is 96.6 cm³/mol. The first kappa shape index (κ1) is 16.5. The van der Waals surface area contributed by atoms with Crippen LogP contribution in [0.2, 0.25) is 0 Å². The third-order valence-corrected chi connectivity index (χ3v) is 4.82. The van der Waals surface area contributed by atoms with E-state index < -0.39 is 0 Å². The molecule has 3 atom stereocenters. The van der Waals surface area contributed by atoms with E-state index in [1.807, 2.05) is 37.3 Å². The van der Waals surface area contributed by atoms with E-state index in [0.29, 0.717) is 17.4 Å². The van der Waals surface area contributed by atoms with Crippen molar-refractivity contribution in [3.63, 3.8) is 0 Å². The first-order valence-electron chi connectivity index (χ1n) is 8.72. The summed E-state index contributed by atoms with van der Waals surface area (Å²) in [6, 6.07) is 9.35. The minimum atomic E-state index is -0.236. The van der Waals surface area contributed by atoms with Crippen molar-refractivity contribution < 1.29 is 9.53 Å². The quantitative estimate of drug-likeness (QED) is 0.764. The lowest BCUT2D eigenvalue weighted by molar-refractivity contribution is -0.123. The van der Waals surface area contributed by atoms with Gasteiger partial charge in [-0.15, -0.1) is 5.10 Å². The van der Waals surface area contributed by atoms with Gasteiger partial charge in [0.25, 0.3) is 0 Å². The molecule has 0 saturated heterocycles. The molecule has 1 saturated carbocycles. The number of carbonyl (C=O) groups excluding carboxylic acids is 1. The zero-order valence-corrected chi connectivity index (χ0v) is 15.0. The third-order valence-electron chi connectivity index (χ3n) is 4.82. The lowest BCUT2D eigenvalue weighted by atomic mass is 10.1. The average Bonchev–Trinajstić information content (AvgIpc) is 3.24. The summed E-state index contributed by atoms with van der Waals surface area (Å²) < 4.78 is 6.81. The van der Waals surface area contributed by atoms with Gasteiger partial charge >= 0.3 is 0 Å². The molecular weight excluding hydrogens is 330 g/mol. The fraction of sp³-hybridized carbons (Fsp3) is 0.368. The Morgan fingerprint density at radius 3 is 2.73 bits per heavy atom. The van der Waals surface area contributed by atoms with Crippen molar-refractivity contribution in [2.24, 2.45) is 11.8 Å². The first-order valence-corrected chi connectivity index (χ1v) is 8.72. The Morgan fingerprint density at radius 1 is 1.35 bits per heavy atom. The molecule has 7 heteroatoms. The van der Waals surface area contributed by atoms with Crippen LogP contribution >= 0.6 is 0 Å². The molecule has 2 heterocycles. The number of hydrogen-bond donors (Lipinski definition) is 1. The fourth-order valence-electron chi connectivity index (χ4n) is 2.99. The molecule has 0 radical (unpaired) electrons. The third kappa shape index (κ3) is 3.12. The minimum absolute atomic E-state index is 0.0842. The van der Waals surface area contributed by atoms with Crippen LogP contribution in [0.3, 0.4) is 0 Å². The number of carbonyl (C=O) groups is 1. The van der Waals surface area contributed by atoms with E-state index >= 15 is 0 Å². The van der Waals surface area contributed by atoms with Gasteiger partial charge in [0.15, 0.2) is 11.5 Å². The Balaban J connectivity index is 1.55. The second-order valence-electron chi connectivity index (χ2n) is 6.83. The molecule has 1 amide bonds. The van der Waals surface area contributed by atoms with Crippen molar-refractivity contribution in [3.05, 3.63) is 42.5 Å². The number of ether oxygens (including phenoxy) is 1. The van der Waals surface area contributed by atoms with Gasteiger partial charge in [-0.2, -0.15) is 0 Å². The number of benzene rings is 1. The van der Waals surface area contributed by atoms with Gasteiger partial charge < -0.3 is 10.1 Å². The zero-order valence-electron chi connectivity index (χ0n) is 15.0. The smallest absolute Gasteiger partial charge is 0.223 e. The van der Waals surface area contributed by atoms with Crippen LogP contribution in [0.4, 0.5) is 0 Å². The number of nitrogens with zero attached hydrogens (tertiary/aromatic N) is 4. The maximum atomic E-state index is 12.1. The van der Waals surface area contributed by atoms with Crippen LogP contribution in [-0.2, 0) is 4.79 Å². The molecule has 0 aliphatic heterocycles. The fourth-order valence-corrected chi connectivity index (χ4v) is 2.99. The molecule has 2 aromatic heterocycles. The number of amides is 1. The van der Waals surface area contributed by atoms with Gasteiger partial charge in [-0.25, -0.2) is 14.5 Å². The standard InChI is InChI=1S/C19H21N5O2/c1-11-8-15(11)19(25)21-12(2)18-22-17-9-16(20-10-24(17)23-18)13-4-6-14(26-3)7-5-13/h4-7,9-12,15H,8H2,1-3H3,(H,21,25)/t11-,12+,15+/m1/s1. The summed E-state index contributed by atoms with van der Waals surface area (Å²) in [4.78, 5) is 21.1. The van der Waals surface area contributed by atoms with Gasteiger partial charge in [-0.3, -0.25) is 4.79 Å². The molecule has 1 N–H and O–H groups in total. The normalized spacial score (nSPS) is 20.0. The molecule has 0 spiro atoms. The van der Waals surface area contributed by atoms with Crippen LogP contribution in [0.1, 0.15) is 32.1 Å². The van der Waals surface area contributed by atoms with Gasteiger partial charge in [-0.05, 0) is 43.5 Å². The topological polar surface area (TPSA) is 81.4 Å². The van der Waals surface area contributed by atoms with E-state index in [2.05, 4.69) is 27.3 Å². The summed E-state index contributed by atoms with van der Waals surface area (Å²) in [5.74, 6) is 2.08. The molecule has 3 aromatic rings. The molecule has 4 rings (SSSR count). The summed E-state index contributed by atoms with van der Waals surface area (Å²) in [6.45, 7) is 3.99. The van der Waals surface area contributed by atoms with Gasteiger partial charge in [0.05, 0.1) is 18.8 Å². The van der Waals surface area contributed by atoms with Crippen LogP contribution in [-0.4, -0.2) is 32.6 Å². The highest BCUT2D eigenvalue weighted by molar-refractivity contribution is 5.81. The van der Waals surface area contributed by atoms with Crippen LogP contribution in [0.15, 0.2) is 36.7 Å². The van der Waals surface area contributed by atoms with Crippen molar-refractivity contribution >= 4 is 11.6 Å². The monoisotopic (exact) mass is 351 g/mol. The van der Waals surface area contributed by atoms with Crippen LogP contribution in [0.5, 0.6) is 5.75 Å². The molecule has 1 aliphatic carbocycles. The highest BCUT2D eigenvalue weighted by atomic mass is 16.5. The van der Waals surface area contributed by atoms with Gasteiger partial charge in [0.1, 0.15) is 12.1 Å². The van der Waals surface area contributed by atoms with E-state index in [4.69, 9.17) is 4.74 Å². The molecule has 1 fully saturated rings. The van der Waals surface area contributed by atoms with Crippen LogP contribution in [0, 0.1) is 11.8 Å². The summed E-state index contributed by atoms with van der Waals surface area (Å²) in [6.07, 6.45) is 2.61. The molecule has 134 valence electrons. The molecule has 0 unspecified atom stereocenters. The number of aromatic nitrogens is 4. The summed E-state index contributed by atoms with van der Waals surface area (Å²) in [5.41, 5.74) is 2.48. The van der Waals surface area contributed by atoms with E-state index in [1.165, 1.54) is 0 Å². The Hall–Kier alpha value is -2.96. The number of nitrogens with one attached hydrogen (secondary N) is 1. The highest BCUT2D eigenvalue weighted by Crippen LogP contribution is 2.38. The Bertz CT molecular complexity index is 950. The summed E-state index contributed by atoms with van der Waals surface area (Å²) in [7, 11) is 1.64. The molecule has 26 heavy (non-hydrogen) atoms. The van der Waals surface area contributed by atoms with Crippen molar-refractivity contribution in [2.45, 2.75) is 26.3 Å². The highest BCUT2D eigenvalue weighted by Gasteiger charge is 2.39. The second-order valence-corrected chi connectivity index (χ2v) is 6.83. The van der Waals surface area contributed by atoms with Crippen molar-refractivity contribution in [1.29, 1.82) is 0 Å². The van der Waals surface area contributed by atoms with Crippen molar-refractivity contribution in [2.75, 3.05) is 7.11 Å². The van der Waals surface area contributed by atoms with Gasteiger partial charge in [0, 0.05) is 17.5 Å². The predicted octanol–water partition coefficient (Wildman–Crippen LogP) is 2.63. The Morgan fingerprint density at radius 2 is 2.08 bits per heavy atom. The molecule has 1 aromatic carbocycles. The lowest BCUT2D eigenvalue weighted by Gasteiger charge is -2.09.